The van der Waals surface area contributed by atoms with Gasteiger partial charge in [-0.15, -0.1) is 11.3 Å². The van der Waals surface area contributed by atoms with Gasteiger partial charge >= 0.3 is 0 Å². The van der Waals surface area contributed by atoms with Gasteiger partial charge in [0.25, 0.3) is 0 Å². The van der Waals surface area contributed by atoms with E-state index in [0.29, 0.717) is 18.5 Å². The second kappa shape index (κ2) is 5.89. The zero-order valence-electron chi connectivity index (χ0n) is 11.3. The van der Waals surface area contributed by atoms with Crippen LogP contribution in [0.2, 0.25) is 0 Å². The van der Waals surface area contributed by atoms with Gasteiger partial charge in [-0.05, 0) is 19.3 Å². The Morgan fingerprint density at radius 2 is 2.05 bits per heavy atom. The third-order valence-electron chi connectivity index (χ3n) is 3.54. The molecule has 1 aromatic heterocycles. The molecule has 1 fully saturated rings. The van der Waals surface area contributed by atoms with Crippen molar-refractivity contribution in [2.45, 2.75) is 56.8 Å². The number of aryl methyl sites for hydroxylation is 1. The number of thiazole rings is 1. The molecule has 0 spiro atoms. The van der Waals surface area contributed by atoms with Crippen molar-refractivity contribution in [1.29, 1.82) is 0 Å². The predicted octanol–water partition coefficient (Wildman–Crippen LogP) is 2.32. The van der Waals surface area contributed by atoms with Gasteiger partial charge in [0.1, 0.15) is 0 Å². The topological polar surface area (TPSA) is 67.3 Å². The fourth-order valence-corrected chi connectivity index (χ4v) is 5.28. The number of rotatable bonds is 5. The van der Waals surface area contributed by atoms with Gasteiger partial charge in [-0.3, -0.25) is 0 Å². The van der Waals surface area contributed by atoms with E-state index >= 15 is 0 Å². The highest BCUT2D eigenvalue weighted by atomic mass is 32.2. The Bertz CT molecular complexity index is 516. The van der Waals surface area contributed by atoms with E-state index < -0.39 is 15.4 Å². The lowest BCUT2D eigenvalue weighted by molar-refractivity contribution is 0.0257. The van der Waals surface area contributed by atoms with E-state index in [9.17, 15) is 13.5 Å². The summed E-state index contributed by atoms with van der Waals surface area (Å²) >= 11 is 1.50. The fraction of sp³-hybridized carbons (Fsp3) is 0.769. The minimum atomic E-state index is -3.29. The van der Waals surface area contributed by atoms with Gasteiger partial charge in [-0.1, -0.05) is 26.2 Å². The van der Waals surface area contributed by atoms with Gasteiger partial charge < -0.3 is 5.11 Å². The minimum absolute atomic E-state index is 0.0498. The lowest BCUT2D eigenvalue weighted by Crippen LogP contribution is -2.39. The van der Waals surface area contributed by atoms with Crippen LogP contribution in [0.25, 0.3) is 0 Å². The number of nitrogens with zero attached hydrogens (tertiary/aromatic N) is 1. The van der Waals surface area contributed by atoms with Gasteiger partial charge in [0, 0.05) is 5.38 Å². The quantitative estimate of drug-likeness (QED) is 0.906. The predicted molar refractivity (Wildman–Crippen MR) is 77.0 cm³/mol. The van der Waals surface area contributed by atoms with Crippen LogP contribution in [0.3, 0.4) is 0 Å². The third-order valence-corrected chi connectivity index (χ3v) is 6.30. The van der Waals surface area contributed by atoms with E-state index in [0.717, 1.165) is 30.7 Å². The molecule has 1 aliphatic rings. The molecule has 0 amide bonds. The summed E-state index contributed by atoms with van der Waals surface area (Å²) < 4.78 is 24.4. The molecule has 1 heterocycles. The molecule has 1 aromatic rings. The lowest BCUT2D eigenvalue weighted by Gasteiger charge is -2.31. The smallest absolute Gasteiger partial charge is 0.158 e. The van der Waals surface area contributed by atoms with Crippen molar-refractivity contribution in [2.75, 3.05) is 5.75 Å². The Morgan fingerprint density at radius 3 is 2.63 bits per heavy atom. The minimum Gasteiger partial charge on any atom is -0.389 e. The van der Waals surface area contributed by atoms with Crippen molar-refractivity contribution >= 4 is 21.2 Å². The molecule has 4 nitrogen and oxygen atoms in total. The number of hydrogen-bond donors (Lipinski definition) is 1. The molecule has 0 atom stereocenters. The normalized spacial score (nSPS) is 19.5. The van der Waals surface area contributed by atoms with Crippen LogP contribution < -0.4 is 0 Å². The Labute approximate surface area is 118 Å². The van der Waals surface area contributed by atoms with E-state index in [-0.39, 0.29) is 11.5 Å². The van der Waals surface area contributed by atoms with Crippen LogP contribution >= 0.6 is 11.3 Å². The van der Waals surface area contributed by atoms with Crippen molar-refractivity contribution in [3.05, 3.63) is 16.1 Å². The van der Waals surface area contributed by atoms with Crippen LogP contribution in [0.4, 0.5) is 0 Å². The first-order chi connectivity index (χ1) is 8.92. The summed E-state index contributed by atoms with van der Waals surface area (Å²) in [5, 5.41) is 13.1. The van der Waals surface area contributed by atoms with Crippen LogP contribution in [0.1, 0.15) is 49.7 Å². The second-order valence-electron chi connectivity index (χ2n) is 5.40. The monoisotopic (exact) mass is 303 g/mol. The molecule has 0 saturated heterocycles. The van der Waals surface area contributed by atoms with Gasteiger partial charge in [-0.25, -0.2) is 13.4 Å². The van der Waals surface area contributed by atoms with Gasteiger partial charge in [-0.2, -0.15) is 0 Å². The number of sulfone groups is 1. The molecule has 0 aliphatic heterocycles. The fourth-order valence-electron chi connectivity index (χ4n) is 2.62. The molecule has 1 saturated carbocycles. The standard InChI is InChI=1S/C13H21NO3S2/c1-2-12-14-11(8-18-12)9-19(16,17)10-13(15)6-4-3-5-7-13/h8,15H,2-7,9-10H2,1H3. The van der Waals surface area contributed by atoms with E-state index in [4.69, 9.17) is 0 Å². The summed E-state index contributed by atoms with van der Waals surface area (Å²) in [6.07, 6.45) is 4.96. The lowest BCUT2D eigenvalue weighted by atomic mass is 9.86. The first-order valence-electron chi connectivity index (χ1n) is 6.78. The van der Waals surface area contributed by atoms with E-state index in [2.05, 4.69) is 4.98 Å². The van der Waals surface area contributed by atoms with Crippen molar-refractivity contribution in [2.24, 2.45) is 0 Å². The zero-order chi connectivity index (χ0) is 13.9. The maximum atomic E-state index is 12.2. The van der Waals surface area contributed by atoms with Gasteiger partial charge in [0.2, 0.25) is 0 Å². The first-order valence-corrected chi connectivity index (χ1v) is 9.49. The molecule has 6 heteroatoms. The molecule has 1 aliphatic carbocycles. The summed E-state index contributed by atoms with van der Waals surface area (Å²) in [7, 11) is -3.29. The molecule has 0 bridgehead atoms. The van der Waals surface area contributed by atoms with Crippen LogP contribution in [0.15, 0.2) is 5.38 Å². The summed E-state index contributed by atoms with van der Waals surface area (Å²) in [5.74, 6) is -0.176. The molecule has 2 rings (SSSR count). The molecule has 1 N–H and O–H groups in total. The second-order valence-corrected chi connectivity index (χ2v) is 8.41. The van der Waals surface area contributed by atoms with Crippen LogP contribution in [0.5, 0.6) is 0 Å². The van der Waals surface area contributed by atoms with Crippen molar-refractivity contribution in [1.82, 2.24) is 4.98 Å². The molecule has 0 radical (unpaired) electrons. The number of hydrogen-bond acceptors (Lipinski definition) is 5. The van der Waals surface area contributed by atoms with Crippen LogP contribution in [-0.2, 0) is 22.0 Å². The van der Waals surface area contributed by atoms with Crippen LogP contribution in [0, 0.1) is 0 Å². The average Bonchev–Trinajstić information content (AvgIpc) is 2.75. The van der Waals surface area contributed by atoms with Gasteiger partial charge in [0.15, 0.2) is 9.84 Å². The molecule has 108 valence electrons. The van der Waals surface area contributed by atoms with E-state index in [1.807, 2.05) is 6.92 Å². The SMILES string of the molecule is CCc1nc(CS(=O)(=O)CC2(O)CCCCC2)cs1. The third kappa shape index (κ3) is 4.26. The molecular weight excluding hydrogens is 282 g/mol. The number of aromatic nitrogens is 1. The van der Waals surface area contributed by atoms with Crippen molar-refractivity contribution in [3.63, 3.8) is 0 Å². The Morgan fingerprint density at radius 1 is 1.37 bits per heavy atom. The summed E-state index contributed by atoms with van der Waals surface area (Å²) in [6.45, 7) is 2.00. The largest absolute Gasteiger partial charge is 0.389 e. The van der Waals surface area contributed by atoms with E-state index in [1.54, 1.807) is 5.38 Å². The highest BCUT2D eigenvalue weighted by Gasteiger charge is 2.34. The molecule has 0 aromatic carbocycles. The molecule has 0 unspecified atom stereocenters. The molecule has 19 heavy (non-hydrogen) atoms. The van der Waals surface area contributed by atoms with E-state index in [1.165, 1.54) is 11.3 Å². The Hall–Kier alpha value is -0.460. The Kier molecular flexibility index (Phi) is 4.63. The zero-order valence-corrected chi connectivity index (χ0v) is 12.9. The highest BCUT2D eigenvalue weighted by molar-refractivity contribution is 7.90. The summed E-state index contributed by atoms with van der Waals surface area (Å²) in [5.41, 5.74) is -0.401. The van der Waals surface area contributed by atoms with Gasteiger partial charge in [0.05, 0.1) is 27.8 Å². The average molecular weight is 303 g/mol. The maximum absolute atomic E-state index is 12.2. The Balaban J connectivity index is 2.01. The summed E-state index contributed by atoms with van der Waals surface area (Å²) in [6, 6.07) is 0. The van der Waals surface area contributed by atoms with Crippen LogP contribution in [-0.4, -0.2) is 29.9 Å². The highest BCUT2D eigenvalue weighted by Crippen LogP contribution is 2.30. The van der Waals surface area contributed by atoms with Crippen molar-refractivity contribution in [3.8, 4) is 0 Å². The maximum Gasteiger partial charge on any atom is 0.158 e. The molecular formula is C13H21NO3S2. The van der Waals surface area contributed by atoms with Crippen molar-refractivity contribution < 1.29 is 13.5 Å². The summed E-state index contributed by atoms with van der Waals surface area (Å²) in [4.78, 5) is 4.29. The number of aliphatic hydroxyl groups is 1. The first kappa shape index (κ1) is 14.9.